The lowest BCUT2D eigenvalue weighted by Gasteiger charge is -2.22. The van der Waals surface area contributed by atoms with Gasteiger partial charge in [-0.25, -0.2) is 4.98 Å². The summed E-state index contributed by atoms with van der Waals surface area (Å²) in [5, 5.41) is 0. The quantitative estimate of drug-likeness (QED) is 0.800. The van der Waals surface area contributed by atoms with E-state index in [2.05, 4.69) is 55.6 Å². The van der Waals surface area contributed by atoms with Gasteiger partial charge in [0.15, 0.2) is 0 Å². The number of pyridine rings is 1. The average Bonchev–Trinajstić information content (AvgIpc) is 2.21. The number of nitrogens with zero attached hydrogens (tertiary/aromatic N) is 2. The largest absolute Gasteiger partial charge is 0.356 e. The summed E-state index contributed by atoms with van der Waals surface area (Å²) in [5.41, 5.74) is 0. The maximum Gasteiger partial charge on any atom is 0.142 e. The lowest BCUT2D eigenvalue weighted by molar-refractivity contribution is 0.722. The molecule has 2 nitrogen and oxygen atoms in total. The highest BCUT2D eigenvalue weighted by atomic mass is 79.9. The van der Waals surface area contributed by atoms with Crippen molar-refractivity contribution in [2.45, 2.75) is 26.7 Å². The van der Waals surface area contributed by atoms with E-state index in [0.29, 0.717) is 0 Å². The van der Waals surface area contributed by atoms with Gasteiger partial charge in [0.2, 0.25) is 0 Å². The van der Waals surface area contributed by atoms with Gasteiger partial charge in [0, 0.05) is 23.8 Å². The zero-order valence-electron chi connectivity index (χ0n) is 9.13. The third-order valence-electron chi connectivity index (χ3n) is 2.25. The predicted molar refractivity (Wildman–Crippen MR) is 72.4 cm³/mol. The lowest BCUT2D eigenvalue weighted by Crippen LogP contribution is -2.25. The fourth-order valence-corrected chi connectivity index (χ4v) is 2.64. The summed E-state index contributed by atoms with van der Waals surface area (Å²) in [6, 6.07) is 2.04. The zero-order valence-corrected chi connectivity index (χ0v) is 12.3. The molecule has 1 aromatic heterocycles. The molecule has 0 amide bonds. The first kappa shape index (κ1) is 13.0. The van der Waals surface area contributed by atoms with Crippen molar-refractivity contribution >= 4 is 37.7 Å². The van der Waals surface area contributed by atoms with E-state index in [1.165, 1.54) is 12.8 Å². The van der Waals surface area contributed by atoms with Crippen LogP contribution in [-0.2, 0) is 0 Å². The Morgan fingerprint density at radius 1 is 1.33 bits per heavy atom. The molecule has 0 aliphatic rings. The molecule has 0 saturated carbocycles. The molecule has 0 saturated heterocycles. The molecule has 0 atom stereocenters. The van der Waals surface area contributed by atoms with Crippen molar-refractivity contribution in [2.24, 2.45) is 0 Å². The molecule has 1 aromatic rings. The molecule has 0 fully saturated rings. The average molecular weight is 336 g/mol. The molecule has 0 unspecified atom stereocenters. The molecule has 1 rings (SSSR count). The fourth-order valence-electron chi connectivity index (χ4n) is 1.40. The molecule has 1 heterocycles. The molecule has 0 radical (unpaired) electrons. The second kappa shape index (κ2) is 6.48. The molecule has 0 spiro atoms. The van der Waals surface area contributed by atoms with Crippen LogP contribution in [-0.4, -0.2) is 18.1 Å². The van der Waals surface area contributed by atoms with Crippen LogP contribution < -0.4 is 4.90 Å². The molecule has 84 valence electrons. The molecule has 0 aliphatic heterocycles. The summed E-state index contributed by atoms with van der Waals surface area (Å²) >= 11 is 6.96. The minimum Gasteiger partial charge on any atom is -0.356 e. The van der Waals surface area contributed by atoms with Crippen molar-refractivity contribution in [1.82, 2.24) is 4.98 Å². The van der Waals surface area contributed by atoms with Crippen LogP contribution in [0.3, 0.4) is 0 Å². The second-order valence-corrected chi connectivity index (χ2v) is 5.16. The van der Waals surface area contributed by atoms with Crippen LogP contribution in [0, 0.1) is 0 Å². The van der Waals surface area contributed by atoms with Crippen LogP contribution >= 0.6 is 31.9 Å². The summed E-state index contributed by atoms with van der Waals surface area (Å²) in [5.74, 6) is 1.04. The molecule has 0 N–H and O–H groups in total. The Morgan fingerprint density at radius 2 is 2.07 bits per heavy atom. The molecular weight excluding hydrogens is 320 g/mol. The van der Waals surface area contributed by atoms with E-state index < -0.39 is 0 Å². The Morgan fingerprint density at radius 3 is 2.60 bits per heavy atom. The Balaban J connectivity index is 2.81. The minimum atomic E-state index is 0.993. The maximum absolute atomic E-state index is 4.43. The minimum absolute atomic E-state index is 0.993. The first-order valence-corrected chi connectivity index (χ1v) is 6.83. The number of aromatic nitrogens is 1. The van der Waals surface area contributed by atoms with Gasteiger partial charge in [-0.2, -0.15) is 0 Å². The number of anilines is 1. The van der Waals surface area contributed by atoms with Crippen LogP contribution in [0.2, 0.25) is 0 Å². The zero-order chi connectivity index (χ0) is 11.3. The standard InChI is InChI=1S/C11H16Br2N2/c1-3-5-6-15(4-2)11-10(13)7-9(12)8-14-11/h7-8H,3-6H2,1-2H3. The predicted octanol–water partition coefficient (Wildman–Crippen LogP) is 4.23. The fraction of sp³-hybridized carbons (Fsp3) is 0.545. The van der Waals surface area contributed by atoms with Gasteiger partial charge in [0.05, 0.1) is 4.47 Å². The third kappa shape index (κ3) is 3.76. The van der Waals surface area contributed by atoms with E-state index in [4.69, 9.17) is 0 Å². The van der Waals surface area contributed by atoms with E-state index in [0.717, 1.165) is 27.9 Å². The summed E-state index contributed by atoms with van der Waals surface area (Å²) in [6.45, 7) is 6.43. The van der Waals surface area contributed by atoms with Gasteiger partial charge in [-0.3, -0.25) is 0 Å². The highest BCUT2D eigenvalue weighted by Crippen LogP contribution is 2.26. The summed E-state index contributed by atoms with van der Waals surface area (Å²) in [6.07, 6.45) is 4.26. The summed E-state index contributed by atoms with van der Waals surface area (Å²) < 4.78 is 2.06. The van der Waals surface area contributed by atoms with Crippen LogP contribution in [0.4, 0.5) is 5.82 Å². The van der Waals surface area contributed by atoms with Gasteiger partial charge in [-0.15, -0.1) is 0 Å². The Kier molecular flexibility index (Phi) is 5.61. The molecule has 0 bridgehead atoms. The van der Waals surface area contributed by atoms with E-state index in [9.17, 15) is 0 Å². The Labute approximate surface area is 108 Å². The monoisotopic (exact) mass is 334 g/mol. The van der Waals surface area contributed by atoms with Crippen LogP contribution in [0.5, 0.6) is 0 Å². The maximum atomic E-state index is 4.43. The van der Waals surface area contributed by atoms with Gasteiger partial charge in [0.1, 0.15) is 5.82 Å². The van der Waals surface area contributed by atoms with E-state index in [1.807, 2.05) is 12.3 Å². The Bertz CT molecular complexity index is 315. The Hall–Kier alpha value is -0.0900. The molecule has 0 aliphatic carbocycles. The number of hydrogen-bond acceptors (Lipinski definition) is 2. The van der Waals surface area contributed by atoms with E-state index in [1.54, 1.807) is 0 Å². The second-order valence-electron chi connectivity index (χ2n) is 3.39. The van der Waals surface area contributed by atoms with Crippen molar-refractivity contribution < 1.29 is 0 Å². The third-order valence-corrected chi connectivity index (χ3v) is 3.27. The van der Waals surface area contributed by atoms with Crippen molar-refractivity contribution in [3.8, 4) is 0 Å². The van der Waals surface area contributed by atoms with Crippen molar-refractivity contribution in [2.75, 3.05) is 18.0 Å². The van der Waals surface area contributed by atoms with Crippen molar-refractivity contribution in [3.63, 3.8) is 0 Å². The van der Waals surface area contributed by atoms with Gasteiger partial charge >= 0.3 is 0 Å². The van der Waals surface area contributed by atoms with Crippen LogP contribution in [0.25, 0.3) is 0 Å². The molecule has 4 heteroatoms. The first-order valence-electron chi connectivity index (χ1n) is 5.25. The van der Waals surface area contributed by atoms with Crippen LogP contribution in [0.1, 0.15) is 26.7 Å². The van der Waals surface area contributed by atoms with Gasteiger partial charge in [-0.05, 0) is 51.3 Å². The van der Waals surface area contributed by atoms with Gasteiger partial charge < -0.3 is 4.90 Å². The summed E-state index contributed by atoms with van der Waals surface area (Å²) in [4.78, 5) is 6.73. The highest BCUT2D eigenvalue weighted by Gasteiger charge is 2.09. The topological polar surface area (TPSA) is 16.1 Å². The molecule has 0 aromatic carbocycles. The smallest absolute Gasteiger partial charge is 0.142 e. The van der Waals surface area contributed by atoms with Crippen molar-refractivity contribution in [1.29, 1.82) is 0 Å². The SMILES string of the molecule is CCCCN(CC)c1ncc(Br)cc1Br. The van der Waals surface area contributed by atoms with E-state index >= 15 is 0 Å². The van der Waals surface area contributed by atoms with Crippen LogP contribution in [0.15, 0.2) is 21.2 Å². The first-order chi connectivity index (χ1) is 7.19. The normalized spacial score (nSPS) is 10.4. The number of halogens is 2. The van der Waals surface area contributed by atoms with Gasteiger partial charge in [0.25, 0.3) is 0 Å². The molecule has 15 heavy (non-hydrogen) atoms. The molecular formula is C11H16Br2N2. The number of rotatable bonds is 5. The highest BCUT2D eigenvalue weighted by molar-refractivity contribution is 9.11. The summed E-state index contributed by atoms with van der Waals surface area (Å²) in [7, 11) is 0. The van der Waals surface area contributed by atoms with E-state index in [-0.39, 0.29) is 0 Å². The van der Waals surface area contributed by atoms with Gasteiger partial charge in [-0.1, -0.05) is 13.3 Å². The number of hydrogen-bond donors (Lipinski definition) is 0. The lowest BCUT2D eigenvalue weighted by atomic mass is 10.3. The van der Waals surface area contributed by atoms with Crippen molar-refractivity contribution in [3.05, 3.63) is 21.2 Å². The number of unbranched alkanes of at least 4 members (excludes halogenated alkanes) is 1.